The van der Waals surface area contributed by atoms with Crippen molar-refractivity contribution in [1.29, 1.82) is 5.26 Å². The Morgan fingerprint density at radius 3 is 2.52 bits per heavy atom. The first kappa shape index (κ1) is 14.8. The molecule has 0 bridgehead atoms. The number of nitrogens with two attached hydrogens (primary N) is 1. The molecule has 5 heteroatoms. The van der Waals surface area contributed by atoms with Gasteiger partial charge in [-0.2, -0.15) is 5.26 Å². The van der Waals surface area contributed by atoms with Crippen molar-refractivity contribution in [1.82, 2.24) is 0 Å². The zero-order valence-corrected chi connectivity index (χ0v) is 12.9. The van der Waals surface area contributed by atoms with Gasteiger partial charge in [0, 0.05) is 11.6 Å². The second-order valence-electron chi connectivity index (χ2n) is 5.11. The first-order valence-electron chi connectivity index (χ1n) is 7.07. The van der Waals surface area contributed by atoms with Gasteiger partial charge in [0.1, 0.15) is 28.9 Å². The van der Waals surface area contributed by atoms with Crippen molar-refractivity contribution in [3.63, 3.8) is 0 Å². The van der Waals surface area contributed by atoms with Crippen molar-refractivity contribution in [3.8, 4) is 23.3 Å². The number of methoxy groups -OCH3 is 2. The number of ether oxygens (including phenoxy) is 3. The van der Waals surface area contributed by atoms with Gasteiger partial charge in [-0.3, -0.25) is 0 Å². The molecule has 0 saturated carbocycles. The summed E-state index contributed by atoms with van der Waals surface area (Å²) >= 11 is 0. The Balaban J connectivity index is 2.19. The SMILES string of the molecule is COc1cccc([C@@H]2C(C#N)=C(N)Oc3cc(OC)ccc32)c1. The number of nitriles is 1. The van der Waals surface area contributed by atoms with Gasteiger partial charge in [0.05, 0.1) is 20.1 Å². The van der Waals surface area contributed by atoms with Gasteiger partial charge >= 0.3 is 0 Å². The van der Waals surface area contributed by atoms with Crippen LogP contribution in [-0.4, -0.2) is 14.2 Å². The summed E-state index contributed by atoms with van der Waals surface area (Å²) in [7, 11) is 3.20. The maximum atomic E-state index is 9.52. The van der Waals surface area contributed by atoms with Crippen molar-refractivity contribution < 1.29 is 14.2 Å². The maximum absolute atomic E-state index is 9.52. The summed E-state index contributed by atoms with van der Waals surface area (Å²) in [5, 5.41) is 9.52. The number of rotatable bonds is 3. The molecule has 5 nitrogen and oxygen atoms in total. The minimum Gasteiger partial charge on any atom is -0.497 e. The molecule has 1 aliphatic heterocycles. The van der Waals surface area contributed by atoms with Crippen LogP contribution in [0.1, 0.15) is 17.0 Å². The topological polar surface area (TPSA) is 77.5 Å². The van der Waals surface area contributed by atoms with Gasteiger partial charge in [-0.15, -0.1) is 0 Å². The van der Waals surface area contributed by atoms with E-state index in [2.05, 4.69) is 6.07 Å². The van der Waals surface area contributed by atoms with Crippen LogP contribution in [0.25, 0.3) is 0 Å². The standard InChI is InChI=1S/C18H16N2O3/c1-21-12-5-3-4-11(8-12)17-14-7-6-13(22-2)9-16(14)23-18(20)15(17)10-19/h3-9,17H,20H2,1-2H3/t17-/m0/s1. The van der Waals surface area contributed by atoms with E-state index in [1.807, 2.05) is 36.4 Å². The number of hydrogen-bond donors (Lipinski definition) is 1. The van der Waals surface area contributed by atoms with Gasteiger partial charge in [-0.25, -0.2) is 0 Å². The summed E-state index contributed by atoms with van der Waals surface area (Å²) in [6, 6.07) is 15.2. The lowest BCUT2D eigenvalue weighted by Crippen LogP contribution is -2.21. The second kappa shape index (κ2) is 5.93. The van der Waals surface area contributed by atoms with Gasteiger partial charge in [0.15, 0.2) is 0 Å². The zero-order valence-electron chi connectivity index (χ0n) is 12.9. The van der Waals surface area contributed by atoms with Crippen LogP contribution < -0.4 is 19.9 Å². The van der Waals surface area contributed by atoms with Crippen LogP contribution >= 0.6 is 0 Å². The van der Waals surface area contributed by atoms with Crippen molar-refractivity contribution in [2.45, 2.75) is 5.92 Å². The Kier molecular flexibility index (Phi) is 3.82. The molecule has 23 heavy (non-hydrogen) atoms. The Morgan fingerprint density at radius 1 is 1.09 bits per heavy atom. The minimum absolute atomic E-state index is 0.112. The molecule has 1 heterocycles. The van der Waals surface area contributed by atoms with Gasteiger partial charge in [0.25, 0.3) is 0 Å². The fourth-order valence-electron chi connectivity index (χ4n) is 2.73. The molecule has 0 aromatic heterocycles. The molecule has 0 unspecified atom stereocenters. The van der Waals surface area contributed by atoms with E-state index in [0.29, 0.717) is 17.1 Å². The smallest absolute Gasteiger partial charge is 0.205 e. The fraction of sp³-hybridized carbons (Fsp3) is 0.167. The highest BCUT2D eigenvalue weighted by Gasteiger charge is 2.31. The molecule has 0 aliphatic carbocycles. The molecular weight excluding hydrogens is 292 g/mol. The molecule has 3 rings (SSSR count). The van der Waals surface area contributed by atoms with E-state index in [4.69, 9.17) is 19.9 Å². The third-order valence-corrected chi connectivity index (χ3v) is 3.85. The van der Waals surface area contributed by atoms with E-state index in [-0.39, 0.29) is 11.8 Å². The van der Waals surface area contributed by atoms with Crippen LogP contribution in [0, 0.1) is 11.3 Å². The Labute approximate surface area is 134 Å². The van der Waals surface area contributed by atoms with E-state index < -0.39 is 0 Å². The van der Waals surface area contributed by atoms with E-state index in [1.54, 1.807) is 20.3 Å². The summed E-state index contributed by atoms with van der Waals surface area (Å²) in [6.45, 7) is 0. The number of fused-ring (bicyclic) bond motifs is 1. The average Bonchev–Trinajstić information content (AvgIpc) is 2.59. The molecule has 0 saturated heterocycles. The van der Waals surface area contributed by atoms with E-state index in [1.165, 1.54) is 0 Å². The summed E-state index contributed by atoms with van der Waals surface area (Å²) in [5.41, 5.74) is 8.12. The van der Waals surface area contributed by atoms with E-state index >= 15 is 0 Å². The van der Waals surface area contributed by atoms with Crippen molar-refractivity contribution >= 4 is 0 Å². The van der Waals surface area contributed by atoms with Gasteiger partial charge in [-0.05, 0) is 23.8 Å². The molecular formula is C18H16N2O3. The normalized spacial score (nSPS) is 16.1. The molecule has 2 N–H and O–H groups in total. The molecule has 1 aliphatic rings. The maximum Gasteiger partial charge on any atom is 0.205 e. The fourth-order valence-corrected chi connectivity index (χ4v) is 2.73. The highest BCUT2D eigenvalue weighted by molar-refractivity contribution is 5.57. The monoisotopic (exact) mass is 308 g/mol. The molecule has 2 aromatic carbocycles. The lowest BCUT2D eigenvalue weighted by molar-refractivity contribution is 0.380. The largest absolute Gasteiger partial charge is 0.497 e. The van der Waals surface area contributed by atoms with Crippen molar-refractivity contribution in [2.75, 3.05) is 14.2 Å². The molecule has 0 amide bonds. The third-order valence-electron chi connectivity index (χ3n) is 3.85. The van der Waals surface area contributed by atoms with Gasteiger partial charge in [0.2, 0.25) is 5.88 Å². The van der Waals surface area contributed by atoms with E-state index in [0.717, 1.165) is 16.9 Å². The van der Waals surface area contributed by atoms with Crippen LogP contribution in [0.3, 0.4) is 0 Å². The zero-order chi connectivity index (χ0) is 16.4. The lowest BCUT2D eigenvalue weighted by Gasteiger charge is -2.26. The minimum atomic E-state index is -0.301. The number of allylic oxidation sites excluding steroid dienone is 1. The third kappa shape index (κ3) is 2.55. The Morgan fingerprint density at radius 2 is 1.83 bits per heavy atom. The summed E-state index contributed by atoms with van der Waals surface area (Å²) in [6.07, 6.45) is 0. The summed E-state index contributed by atoms with van der Waals surface area (Å²) < 4.78 is 16.1. The lowest BCUT2D eigenvalue weighted by atomic mass is 9.83. The highest BCUT2D eigenvalue weighted by atomic mass is 16.5. The highest BCUT2D eigenvalue weighted by Crippen LogP contribution is 2.43. The predicted octanol–water partition coefficient (Wildman–Crippen LogP) is 2.92. The van der Waals surface area contributed by atoms with Crippen molar-refractivity contribution in [2.24, 2.45) is 5.73 Å². The molecule has 116 valence electrons. The van der Waals surface area contributed by atoms with E-state index in [9.17, 15) is 5.26 Å². The predicted molar refractivity (Wildman–Crippen MR) is 85.3 cm³/mol. The van der Waals surface area contributed by atoms with Crippen LogP contribution in [0.2, 0.25) is 0 Å². The first-order valence-corrected chi connectivity index (χ1v) is 7.07. The van der Waals surface area contributed by atoms with Crippen LogP contribution in [0.15, 0.2) is 53.9 Å². The average molecular weight is 308 g/mol. The van der Waals surface area contributed by atoms with Gasteiger partial charge < -0.3 is 19.9 Å². The molecule has 1 atom stereocenters. The molecule has 0 spiro atoms. The first-order chi connectivity index (χ1) is 11.2. The van der Waals surface area contributed by atoms with Crippen LogP contribution in [0.5, 0.6) is 17.2 Å². The van der Waals surface area contributed by atoms with Crippen molar-refractivity contribution in [3.05, 3.63) is 65.0 Å². The number of hydrogen-bond acceptors (Lipinski definition) is 5. The Bertz CT molecular complexity index is 821. The number of nitrogens with zero attached hydrogens (tertiary/aromatic N) is 1. The quantitative estimate of drug-likeness (QED) is 0.943. The summed E-state index contributed by atoms with van der Waals surface area (Å²) in [5.74, 6) is 1.79. The number of benzene rings is 2. The van der Waals surface area contributed by atoms with Crippen LogP contribution in [-0.2, 0) is 0 Å². The molecule has 0 fully saturated rings. The Hall–Kier alpha value is -3.13. The second-order valence-corrected chi connectivity index (χ2v) is 5.11. The summed E-state index contributed by atoms with van der Waals surface area (Å²) in [4.78, 5) is 0. The van der Waals surface area contributed by atoms with Gasteiger partial charge in [-0.1, -0.05) is 18.2 Å². The van der Waals surface area contributed by atoms with Crippen LogP contribution in [0.4, 0.5) is 0 Å². The molecule has 0 radical (unpaired) electrons. The molecule has 2 aromatic rings.